The lowest BCUT2D eigenvalue weighted by Crippen LogP contribution is -2.48. The van der Waals surface area contributed by atoms with Crippen molar-refractivity contribution in [2.75, 3.05) is 13.1 Å². The van der Waals surface area contributed by atoms with Crippen LogP contribution in [0.25, 0.3) is 0 Å². The summed E-state index contributed by atoms with van der Waals surface area (Å²) in [7, 11) is 0. The topological polar surface area (TPSA) is 37.4 Å². The molecule has 0 aromatic heterocycles. The summed E-state index contributed by atoms with van der Waals surface area (Å²) in [5.41, 5.74) is 0.275. The molecule has 1 aromatic rings. The molecule has 0 bridgehead atoms. The van der Waals surface area contributed by atoms with Crippen LogP contribution >= 0.6 is 0 Å². The van der Waals surface area contributed by atoms with Crippen LogP contribution in [0.3, 0.4) is 0 Å². The number of amides is 1. The first-order chi connectivity index (χ1) is 10.7. The van der Waals surface area contributed by atoms with Gasteiger partial charge in [-0.15, -0.1) is 0 Å². The average Bonchev–Trinajstić information content (AvgIpc) is 2.52. The zero-order valence-electron chi connectivity index (χ0n) is 13.0. The molecule has 23 heavy (non-hydrogen) atoms. The SMILES string of the molecule is CC(=O)C1(c2ccccc2)CCN(C(=O)CCC(F)(F)F)CC1. The van der Waals surface area contributed by atoms with E-state index in [0.29, 0.717) is 25.9 Å². The molecule has 0 saturated carbocycles. The third-order valence-electron chi connectivity index (χ3n) is 4.59. The van der Waals surface area contributed by atoms with E-state index in [1.165, 1.54) is 11.8 Å². The molecule has 126 valence electrons. The van der Waals surface area contributed by atoms with E-state index in [9.17, 15) is 22.8 Å². The van der Waals surface area contributed by atoms with Gasteiger partial charge in [0.2, 0.25) is 5.91 Å². The minimum atomic E-state index is -4.32. The summed E-state index contributed by atoms with van der Waals surface area (Å²) >= 11 is 0. The normalized spacial score (nSPS) is 17.8. The molecule has 1 amide bonds. The molecule has 6 heteroatoms. The summed E-state index contributed by atoms with van der Waals surface area (Å²) in [6, 6.07) is 9.37. The molecule has 1 heterocycles. The second kappa shape index (κ2) is 6.72. The number of benzene rings is 1. The quantitative estimate of drug-likeness (QED) is 0.849. The van der Waals surface area contributed by atoms with Crippen LogP contribution in [0.4, 0.5) is 13.2 Å². The van der Waals surface area contributed by atoms with Crippen molar-refractivity contribution in [2.24, 2.45) is 0 Å². The van der Waals surface area contributed by atoms with E-state index in [1.54, 1.807) is 0 Å². The molecule has 0 unspecified atom stereocenters. The number of carbonyl (C=O) groups excluding carboxylic acids is 2. The third-order valence-corrected chi connectivity index (χ3v) is 4.59. The lowest BCUT2D eigenvalue weighted by Gasteiger charge is -2.40. The van der Waals surface area contributed by atoms with E-state index < -0.39 is 30.3 Å². The Morgan fingerprint density at radius 2 is 1.70 bits per heavy atom. The molecule has 3 nitrogen and oxygen atoms in total. The molecule has 0 aliphatic carbocycles. The van der Waals surface area contributed by atoms with Crippen LogP contribution in [0.1, 0.15) is 38.2 Å². The second-order valence-electron chi connectivity index (χ2n) is 6.00. The summed E-state index contributed by atoms with van der Waals surface area (Å²) in [5.74, 6) is -0.460. The Morgan fingerprint density at radius 3 is 2.17 bits per heavy atom. The van der Waals surface area contributed by atoms with Gasteiger partial charge in [-0.3, -0.25) is 9.59 Å². The maximum atomic E-state index is 12.2. The Bertz CT molecular complexity index is 561. The van der Waals surface area contributed by atoms with E-state index in [4.69, 9.17) is 0 Å². The Morgan fingerprint density at radius 1 is 1.13 bits per heavy atom. The minimum absolute atomic E-state index is 0.0334. The van der Waals surface area contributed by atoms with Gasteiger partial charge in [-0.05, 0) is 25.3 Å². The van der Waals surface area contributed by atoms with Gasteiger partial charge in [-0.2, -0.15) is 13.2 Å². The van der Waals surface area contributed by atoms with Crippen molar-refractivity contribution >= 4 is 11.7 Å². The molecular formula is C17H20F3NO2. The van der Waals surface area contributed by atoms with E-state index in [1.807, 2.05) is 30.3 Å². The lowest BCUT2D eigenvalue weighted by atomic mass is 9.70. The number of likely N-dealkylation sites (tertiary alicyclic amines) is 1. The van der Waals surface area contributed by atoms with Crippen molar-refractivity contribution in [3.05, 3.63) is 35.9 Å². The number of rotatable bonds is 4. The zero-order chi connectivity index (χ0) is 17.1. The highest BCUT2D eigenvalue weighted by molar-refractivity contribution is 5.88. The largest absolute Gasteiger partial charge is 0.389 e. The van der Waals surface area contributed by atoms with Crippen molar-refractivity contribution in [3.63, 3.8) is 0 Å². The number of nitrogens with zero attached hydrogens (tertiary/aromatic N) is 1. The zero-order valence-corrected chi connectivity index (χ0v) is 13.0. The van der Waals surface area contributed by atoms with Gasteiger partial charge >= 0.3 is 6.18 Å². The molecule has 1 saturated heterocycles. The molecule has 0 radical (unpaired) electrons. The monoisotopic (exact) mass is 327 g/mol. The van der Waals surface area contributed by atoms with E-state index in [-0.39, 0.29) is 5.78 Å². The standard InChI is InChI=1S/C17H20F3NO2/c1-13(22)16(14-5-3-2-4-6-14)9-11-21(12-10-16)15(23)7-8-17(18,19)20/h2-6H,7-12H2,1H3. The van der Waals surface area contributed by atoms with Gasteiger partial charge in [0.25, 0.3) is 0 Å². The summed E-state index contributed by atoms with van der Waals surface area (Å²) < 4.78 is 36.7. The van der Waals surface area contributed by atoms with Crippen LogP contribution in [-0.4, -0.2) is 35.9 Å². The smallest absolute Gasteiger partial charge is 0.343 e. The maximum absolute atomic E-state index is 12.2. The summed E-state index contributed by atoms with van der Waals surface area (Å²) in [5, 5.41) is 0. The number of Topliss-reactive ketones (excluding diaryl/α,β-unsaturated/α-hetero) is 1. The number of ketones is 1. The molecule has 0 atom stereocenters. The highest BCUT2D eigenvalue weighted by Gasteiger charge is 2.41. The molecule has 0 N–H and O–H groups in total. The minimum Gasteiger partial charge on any atom is -0.343 e. The first-order valence-corrected chi connectivity index (χ1v) is 7.66. The van der Waals surface area contributed by atoms with E-state index in [2.05, 4.69) is 0 Å². The molecule has 1 aliphatic rings. The fraction of sp³-hybridized carbons (Fsp3) is 0.529. The van der Waals surface area contributed by atoms with Gasteiger partial charge in [0, 0.05) is 19.5 Å². The predicted octanol–water partition coefficient (Wildman–Crippen LogP) is 3.48. The Hall–Kier alpha value is -1.85. The molecule has 0 spiro atoms. The fourth-order valence-electron chi connectivity index (χ4n) is 3.15. The first-order valence-electron chi connectivity index (χ1n) is 7.66. The average molecular weight is 327 g/mol. The summed E-state index contributed by atoms with van der Waals surface area (Å²) in [4.78, 5) is 25.5. The second-order valence-corrected chi connectivity index (χ2v) is 6.00. The number of piperidine rings is 1. The van der Waals surface area contributed by atoms with Crippen LogP contribution in [-0.2, 0) is 15.0 Å². The van der Waals surface area contributed by atoms with E-state index >= 15 is 0 Å². The van der Waals surface area contributed by atoms with Crippen molar-refractivity contribution in [1.29, 1.82) is 0 Å². The Balaban J connectivity index is 2.03. The van der Waals surface area contributed by atoms with Gasteiger partial charge in [0.1, 0.15) is 5.78 Å². The van der Waals surface area contributed by atoms with Gasteiger partial charge in [0.05, 0.1) is 11.8 Å². The lowest BCUT2D eigenvalue weighted by molar-refractivity contribution is -0.150. The van der Waals surface area contributed by atoms with Crippen molar-refractivity contribution in [1.82, 2.24) is 4.90 Å². The van der Waals surface area contributed by atoms with Crippen molar-refractivity contribution < 1.29 is 22.8 Å². The Kier molecular flexibility index (Phi) is 5.12. The highest BCUT2D eigenvalue weighted by Crippen LogP contribution is 2.36. The highest BCUT2D eigenvalue weighted by atomic mass is 19.4. The number of hydrogen-bond acceptors (Lipinski definition) is 2. The van der Waals surface area contributed by atoms with E-state index in [0.717, 1.165) is 5.56 Å². The first kappa shape index (κ1) is 17.5. The third kappa shape index (κ3) is 4.12. The molecule has 2 rings (SSSR count). The van der Waals surface area contributed by atoms with Crippen LogP contribution in [0, 0.1) is 0 Å². The Labute approximate surface area is 133 Å². The maximum Gasteiger partial charge on any atom is 0.389 e. The number of alkyl halides is 3. The van der Waals surface area contributed by atoms with Crippen molar-refractivity contribution in [3.8, 4) is 0 Å². The van der Waals surface area contributed by atoms with Gasteiger partial charge in [0.15, 0.2) is 0 Å². The van der Waals surface area contributed by atoms with Gasteiger partial charge in [-0.1, -0.05) is 30.3 Å². The van der Waals surface area contributed by atoms with Gasteiger partial charge in [-0.25, -0.2) is 0 Å². The molecule has 1 aromatic carbocycles. The number of carbonyl (C=O) groups is 2. The molecular weight excluding hydrogens is 307 g/mol. The van der Waals surface area contributed by atoms with Crippen LogP contribution in [0.15, 0.2) is 30.3 Å². The fourth-order valence-corrected chi connectivity index (χ4v) is 3.15. The number of hydrogen-bond donors (Lipinski definition) is 0. The van der Waals surface area contributed by atoms with Crippen LogP contribution in [0.5, 0.6) is 0 Å². The van der Waals surface area contributed by atoms with Crippen molar-refractivity contribution in [2.45, 2.75) is 44.2 Å². The van der Waals surface area contributed by atoms with Gasteiger partial charge < -0.3 is 4.90 Å². The van der Waals surface area contributed by atoms with Crippen LogP contribution < -0.4 is 0 Å². The summed E-state index contributed by atoms with van der Waals surface area (Å²) in [6.45, 7) is 2.16. The number of halogens is 3. The molecule has 1 fully saturated rings. The van der Waals surface area contributed by atoms with Crippen LogP contribution in [0.2, 0.25) is 0 Å². The summed E-state index contributed by atoms with van der Waals surface area (Å²) in [6.07, 6.45) is -5.05. The predicted molar refractivity (Wildman–Crippen MR) is 79.9 cm³/mol. The molecule has 1 aliphatic heterocycles.